The lowest BCUT2D eigenvalue weighted by Gasteiger charge is -2.14. The predicted molar refractivity (Wildman–Crippen MR) is 82.6 cm³/mol. The predicted octanol–water partition coefficient (Wildman–Crippen LogP) is 2.18. The van der Waals surface area contributed by atoms with Gasteiger partial charge in [0.2, 0.25) is 0 Å². The third-order valence-corrected chi connectivity index (χ3v) is 3.63. The smallest absolute Gasteiger partial charge is 0.396 e. The Labute approximate surface area is 135 Å². The molecule has 0 saturated carbocycles. The standard InChI is InChI=1S/C16H24F2N2O3/c1-11(6-7-21)8-19-9-12-4-5-13(10-20(2)3)15-14(12)22-16(17,18)23-15/h4-5,11,19,21H,6-10H2,1-3H3. The van der Waals surface area contributed by atoms with Crippen molar-refractivity contribution in [3.63, 3.8) is 0 Å². The number of rotatable bonds is 8. The molecule has 1 atom stereocenters. The first kappa shape index (κ1) is 17.9. The summed E-state index contributed by atoms with van der Waals surface area (Å²) in [6.07, 6.45) is -2.92. The number of ether oxygens (including phenoxy) is 2. The van der Waals surface area contributed by atoms with Crippen LogP contribution >= 0.6 is 0 Å². The number of alkyl halides is 2. The molecule has 1 aromatic carbocycles. The van der Waals surface area contributed by atoms with E-state index in [1.165, 1.54) is 0 Å². The van der Waals surface area contributed by atoms with Gasteiger partial charge in [0, 0.05) is 30.8 Å². The van der Waals surface area contributed by atoms with Gasteiger partial charge in [0.15, 0.2) is 11.5 Å². The van der Waals surface area contributed by atoms with Crippen LogP contribution in [0.1, 0.15) is 24.5 Å². The normalized spacial score (nSPS) is 16.8. The number of benzene rings is 1. The van der Waals surface area contributed by atoms with Crippen LogP contribution in [0.5, 0.6) is 11.5 Å². The van der Waals surface area contributed by atoms with Gasteiger partial charge in [-0.25, -0.2) is 0 Å². The van der Waals surface area contributed by atoms with Crippen LogP contribution < -0.4 is 14.8 Å². The lowest BCUT2D eigenvalue weighted by Crippen LogP contribution is -2.26. The summed E-state index contributed by atoms with van der Waals surface area (Å²) in [5.41, 5.74) is 1.30. The Balaban J connectivity index is 2.11. The fourth-order valence-electron chi connectivity index (χ4n) is 2.51. The average molecular weight is 330 g/mol. The maximum Gasteiger partial charge on any atom is 0.586 e. The Morgan fingerprint density at radius 1 is 1.22 bits per heavy atom. The second-order valence-corrected chi connectivity index (χ2v) is 6.20. The monoisotopic (exact) mass is 330 g/mol. The molecule has 0 aliphatic carbocycles. The Morgan fingerprint density at radius 3 is 2.43 bits per heavy atom. The molecule has 7 heteroatoms. The van der Waals surface area contributed by atoms with E-state index in [-0.39, 0.29) is 18.1 Å². The van der Waals surface area contributed by atoms with Gasteiger partial charge in [-0.2, -0.15) is 0 Å². The van der Waals surface area contributed by atoms with Crippen LogP contribution in [0.25, 0.3) is 0 Å². The first-order chi connectivity index (χ1) is 10.8. The molecule has 1 aliphatic rings. The second kappa shape index (κ2) is 7.42. The molecule has 0 radical (unpaired) electrons. The van der Waals surface area contributed by atoms with Crippen LogP contribution in [0.3, 0.4) is 0 Å². The van der Waals surface area contributed by atoms with Crippen molar-refractivity contribution in [3.05, 3.63) is 23.3 Å². The van der Waals surface area contributed by atoms with E-state index in [1.807, 2.05) is 25.9 Å². The summed E-state index contributed by atoms with van der Waals surface area (Å²) in [7, 11) is 3.72. The highest BCUT2D eigenvalue weighted by Crippen LogP contribution is 2.46. The fraction of sp³-hybridized carbons (Fsp3) is 0.625. The molecule has 130 valence electrons. The average Bonchev–Trinajstić information content (AvgIpc) is 2.77. The van der Waals surface area contributed by atoms with Crippen molar-refractivity contribution >= 4 is 0 Å². The highest BCUT2D eigenvalue weighted by Gasteiger charge is 2.45. The van der Waals surface area contributed by atoms with Gasteiger partial charge in [0.1, 0.15) is 0 Å². The molecule has 1 unspecified atom stereocenters. The van der Waals surface area contributed by atoms with Crippen molar-refractivity contribution in [1.29, 1.82) is 0 Å². The van der Waals surface area contributed by atoms with Crippen LogP contribution in [0.4, 0.5) is 8.78 Å². The molecule has 0 amide bonds. The molecule has 1 aliphatic heterocycles. The van der Waals surface area contributed by atoms with Crippen molar-refractivity contribution in [3.8, 4) is 11.5 Å². The SMILES string of the molecule is CC(CCO)CNCc1ccc(CN(C)C)c2c1OC(F)(F)O2. The van der Waals surface area contributed by atoms with Crippen LogP contribution in [-0.4, -0.2) is 43.5 Å². The van der Waals surface area contributed by atoms with Crippen LogP contribution in [0, 0.1) is 5.92 Å². The van der Waals surface area contributed by atoms with Crippen LogP contribution in [0.2, 0.25) is 0 Å². The number of aliphatic hydroxyl groups excluding tert-OH is 1. The Kier molecular flexibility index (Phi) is 5.78. The zero-order valence-corrected chi connectivity index (χ0v) is 13.7. The minimum atomic E-state index is -3.62. The minimum Gasteiger partial charge on any atom is -0.396 e. The topological polar surface area (TPSA) is 54.0 Å². The van der Waals surface area contributed by atoms with E-state index in [0.717, 1.165) is 0 Å². The summed E-state index contributed by atoms with van der Waals surface area (Å²) < 4.78 is 36.3. The summed E-state index contributed by atoms with van der Waals surface area (Å²) in [5, 5.41) is 12.1. The number of hydrogen-bond acceptors (Lipinski definition) is 5. The molecule has 1 aromatic rings. The van der Waals surface area contributed by atoms with Gasteiger partial charge >= 0.3 is 6.29 Å². The number of halogens is 2. The first-order valence-corrected chi connectivity index (χ1v) is 7.69. The van der Waals surface area contributed by atoms with Gasteiger partial charge in [0.25, 0.3) is 0 Å². The van der Waals surface area contributed by atoms with Gasteiger partial charge in [-0.3, -0.25) is 0 Å². The van der Waals surface area contributed by atoms with Gasteiger partial charge in [-0.1, -0.05) is 19.1 Å². The molecule has 0 aromatic heterocycles. The number of nitrogens with zero attached hydrogens (tertiary/aromatic N) is 1. The number of nitrogens with one attached hydrogen (secondary N) is 1. The number of fused-ring (bicyclic) bond motifs is 1. The number of aliphatic hydroxyl groups is 1. The van der Waals surface area contributed by atoms with Crippen molar-refractivity contribution in [2.45, 2.75) is 32.7 Å². The molecule has 2 N–H and O–H groups in total. The van der Waals surface area contributed by atoms with Gasteiger partial charge in [-0.15, -0.1) is 8.78 Å². The zero-order valence-electron chi connectivity index (χ0n) is 13.7. The largest absolute Gasteiger partial charge is 0.586 e. The summed E-state index contributed by atoms with van der Waals surface area (Å²) in [5.74, 6) is 0.530. The third kappa shape index (κ3) is 4.76. The maximum absolute atomic E-state index is 13.5. The number of hydrogen-bond donors (Lipinski definition) is 2. The molecule has 0 fully saturated rings. The van der Waals surface area contributed by atoms with Crippen molar-refractivity contribution in [1.82, 2.24) is 10.2 Å². The molecular formula is C16H24F2N2O3. The molecule has 2 rings (SSSR count). The van der Waals surface area contributed by atoms with E-state index in [1.54, 1.807) is 12.1 Å². The highest BCUT2D eigenvalue weighted by atomic mass is 19.3. The van der Waals surface area contributed by atoms with E-state index in [4.69, 9.17) is 9.84 Å². The molecule has 1 heterocycles. The second-order valence-electron chi connectivity index (χ2n) is 6.20. The van der Waals surface area contributed by atoms with Gasteiger partial charge in [-0.05, 0) is 33.0 Å². The van der Waals surface area contributed by atoms with E-state index in [9.17, 15) is 8.78 Å². The Hall–Kier alpha value is -1.44. The minimum absolute atomic E-state index is 0.108. The molecule has 0 bridgehead atoms. The molecule has 0 saturated heterocycles. The lowest BCUT2D eigenvalue weighted by atomic mass is 10.1. The zero-order chi connectivity index (χ0) is 17.0. The van der Waals surface area contributed by atoms with E-state index in [0.29, 0.717) is 43.1 Å². The summed E-state index contributed by atoms with van der Waals surface area (Å²) in [6, 6.07) is 3.57. The van der Waals surface area contributed by atoms with E-state index in [2.05, 4.69) is 10.1 Å². The van der Waals surface area contributed by atoms with Crippen molar-refractivity contribution in [2.75, 3.05) is 27.2 Å². The third-order valence-electron chi connectivity index (χ3n) is 3.63. The first-order valence-electron chi connectivity index (χ1n) is 7.69. The van der Waals surface area contributed by atoms with Crippen LogP contribution in [0.15, 0.2) is 12.1 Å². The lowest BCUT2D eigenvalue weighted by molar-refractivity contribution is -0.287. The Morgan fingerprint density at radius 2 is 1.83 bits per heavy atom. The quantitative estimate of drug-likeness (QED) is 0.765. The summed E-state index contributed by atoms with van der Waals surface area (Å²) in [6.45, 7) is 3.73. The summed E-state index contributed by atoms with van der Waals surface area (Å²) >= 11 is 0. The fourth-order valence-corrected chi connectivity index (χ4v) is 2.51. The van der Waals surface area contributed by atoms with Crippen molar-refractivity contribution in [2.24, 2.45) is 5.92 Å². The Bertz CT molecular complexity index is 538. The van der Waals surface area contributed by atoms with E-state index < -0.39 is 6.29 Å². The molecule has 5 nitrogen and oxygen atoms in total. The van der Waals surface area contributed by atoms with Gasteiger partial charge < -0.3 is 24.8 Å². The molecular weight excluding hydrogens is 306 g/mol. The molecule has 23 heavy (non-hydrogen) atoms. The highest BCUT2D eigenvalue weighted by molar-refractivity contribution is 5.54. The van der Waals surface area contributed by atoms with Crippen LogP contribution in [-0.2, 0) is 13.1 Å². The van der Waals surface area contributed by atoms with Crippen molar-refractivity contribution < 1.29 is 23.4 Å². The molecule has 0 spiro atoms. The van der Waals surface area contributed by atoms with E-state index >= 15 is 0 Å². The summed E-state index contributed by atoms with van der Waals surface area (Å²) in [4.78, 5) is 1.88. The maximum atomic E-state index is 13.5. The van der Waals surface area contributed by atoms with Gasteiger partial charge in [0.05, 0.1) is 0 Å².